The second-order valence-corrected chi connectivity index (χ2v) is 7.15. The van der Waals surface area contributed by atoms with Crippen LogP contribution in [-0.4, -0.2) is 54.8 Å². The summed E-state index contributed by atoms with van der Waals surface area (Å²) in [5, 5.41) is 9.23. The van der Waals surface area contributed by atoms with Gasteiger partial charge in [-0.15, -0.1) is 0 Å². The first-order valence-corrected chi connectivity index (χ1v) is 9.67. The standard InChI is InChI=1S/C20H29FN2O3.CH4/c1-2-26-17-8-6-15(7-9-17)20(25)23-12-10-22(11-13-23)18-5-3-4-16(14-24)19(18)21;/h3-5,15,17,24H,2,6-14H2,1H3;1H4. The molecule has 27 heavy (non-hydrogen) atoms. The quantitative estimate of drug-likeness (QED) is 0.852. The molecular formula is C21H33FN2O3. The van der Waals surface area contributed by atoms with Crippen LogP contribution in [0.4, 0.5) is 10.1 Å². The van der Waals surface area contributed by atoms with Gasteiger partial charge in [0.2, 0.25) is 5.91 Å². The Balaban J connectivity index is 0.00000261. The van der Waals surface area contributed by atoms with Gasteiger partial charge in [-0.2, -0.15) is 0 Å². The maximum absolute atomic E-state index is 14.4. The van der Waals surface area contributed by atoms with Crippen LogP contribution in [0.25, 0.3) is 0 Å². The van der Waals surface area contributed by atoms with E-state index in [2.05, 4.69) is 0 Å². The SMILES string of the molecule is C.CCOC1CCC(C(=O)N2CCN(c3cccc(CO)c3F)CC2)CC1. The molecule has 2 fully saturated rings. The van der Waals surface area contributed by atoms with Crippen molar-refractivity contribution in [3.05, 3.63) is 29.6 Å². The number of rotatable bonds is 5. The van der Waals surface area contributed by atoms with Crippen molar-refractivity contribution in [1.29, 1.82) is 0 Å². The van der Waals surface area contributed by atoms with Crippen molar-refractivity contribution in [3.63, 3.8) is 0 Å². The van der Waals surface area contributed by atoms with Gasteiger partial charge < -0.3 is 19.6 Å². The van der Waals surface area contributed by atoms with Crippen LogP contribution in [-0.2, 0) is 16.1 Å². The van der Waals surface area contributed by atoms with Crippen LogP contribution in [0.5, 0.6) is 0 Å². The van der Waals surface area contributed by atoms with E-state index in [1.54, 1.807) is 18.2 Å². The van der Waals surface area contributed by atoms with E-state index in [-0.39, 0.29) is 31.7 Å². The highest BCUT2D eigenvalue weighted by molar-refractivity contribution is 5.79. The third-order valence-corrected chi connectivity index (χ3v) is 5.59. The third kappa shape index (κ3) is 4.99. The normalized spacial score (nSPS) is 23.1. The number of hydrogen-bond acceptors (Lipinski definition) is 4. The molecule has 0 bridgehead atoms. The van der Waals surface area contributed by atoms with Gasteiger partial charge in [-0.3, -0.25) is 4.79 Å². The number of amides is 1. The molecule has 0 radical (unpaired) electrons. The van der Waals surface area contributed by atoms with E-state index < -0.39 is 0 Å². The minimum atomic E-state index is -0.357. The highest BCUT2D eigenvalue weighted by Gasteiger charge is 2.31. The lowest BCUT2D eigenvalue weighted by Gasteiger charge is -2.39. The van der Waals surface area contributed by atoms with Crippen LogP contribution in [0.3, 0.4) is 0 Å². The monoisotopic (exact) mass is 380 g/mol. The molecule has 6 heteroatoms. The van der Waals surface area contributed by atoms with Crippen molar-refractivity contribution in [2.24, 2.45) is 5.92 Å². The van der Waals surface area contributed by atoms with Crippen LogP contribution >= 0.6 is 0 Å². The molecule has 1 aliphatic heterocycles. The zero-order chi connectivity index (χ0) is 18.5. The zero-order valence-corrected chi connectivity index (χ0v) is 15.5. The summed E-state index contributed by atoms with van der Waals surface area (Å²) in [6.07, 6.45) is 4.03. The van der Waals surface area contributed by atoms with Crippen molar-refractivity contribution in [2.75, 3.05) is 37.7 Å². The molecule has 1 heterocycles. The van der Waals surface area contributed by atoms with E-state index in [1.165, 1.54) is 0 Å². The Hall–Kier alpha value is -1.66. The van der Waals surface area contributed by atoms with Gasteiger partial charge >= 0.3 is 0 Å². The summed E-state index contributed by atoms with van der Waals surface area (Å²) in [4.78, 5) is 16.7. The number of carbonyl (C=O) groups is 1. The molecule has 1 saturated carbocycles. The van der Waals surface area contributed by atoms with E-state index in [4.69, 9.17) is 4.74 Å². The fourth-order valence-electron chi connectivity index (χ4n) is 4.07. The van der Waals surface area contributed by atoms with Gasteiger partial charge in [0.05, 0.1) is 18.4 Å². The smallest absolute Gasteiger partial charge is 0.225 e. The Labute approximate surface area is 162 Å². The zero-order valence-electron chi connectivity index (χ0n) is 15.5. The number of carbonyl (C=O) groups excluding carboxylic acids is 1. The van der Waals surface area contributed by atoms with E-state index in [0.29, 0.717) is 43.5 Å². The molecule has 3 rings (SSSR count). The number of aliphatic hydroxyl groups excluding tert-OH is 1. The van der Waals surface area contributed by atoms with Crippen LogP contribution in [0.2, 0.25) is 0 Å². The molecule has 1 N–H and O–H groups in total. The minimum Gasteiger partial charge on any atom is -0.392 e. The molecule has 0 spiro atoms. The lowest BCUT2D eigenvalue weighted by atomic mass is 9.86. The Bertz CT molecular complexity index is 609. The number of anilines is 1. The van der Waals surface area contributed by atoms with Gasteiger partial charge in [-0.25, -0.2) is 4.39 Å². The van der Waals surface area contributed by atoms with E-state index in [1.807, 2.05) is 16.7 Å². The summed E-state index contributed by atoms with van der Waals surface area (Å²) < 4.78 is 20.1. The first kappa shape index (κ1) is 21.6. The molecule has 5 nitrogen and oxygen atoms in total. The number of benzene rings is 1. The summed E-state index contributed by atoms with van der Waals surface area (Å²) in [5.41, 5.74) is 0.827. The van der Waals surface area contributed by atoms with Gasteiger partial charge in [-0.1, -0.05) is 19.6 Å². The molecule has 0 aromatic heterocycles. The maximum Gasteiger partial charge on any atom is 0.225 e. The fraction of sp³-hybridized carbons (Fsp3) is 0.667. The van der Waals surface area contributed by atoms with Crippen LogP contribution < -0.4 is 4.90 Å². The molecule has 1 aromatic carbocycles. The molecule has 2 aliphatic rings. The molecule has 1 aromatic rings. The minimum absolute atomic E-state index is 0. The van der Waals surface area contributed by atoms with Gasteiger partial charge in [0, 0.05) is 44.3 Å². The Morgan fingerprint density at radius 3 is 2.44 bits per heavy atom. The van der Waals surface area contributed by atoms with Gasteiger partial charge in [0.25, 0.3) is 0 Å². The average molecular weight is 381 g/mol. The molecule has 0 atom stereocenters. The van der Waals surface area contributed by atoms with Crippen molar-refractivity contribution < 1.29 is 19.0 Å². The highest BCUT2D eigenvalue weighted by atomic mass is 19.1. The second-order valence-electron chi connectivity index (χ2n) is 7.15. The van der Waals surface area contributed by atoms with Crippen molar-refractivity contribution in [3.8, 4) is 0 Å². The first-order chi connectivity index (χ1) is 12.6. The number of ether oxygens (including phenoxy) is 1. The molecular weight excluding hydrogens is 347 g/mol. The van der Waals surface area contributed by atoms with Crippen LogP contribution in [0, 0.1) is 11.7 Å². The number of halogens is 1. The molecule has 1 aliphatic carbocycles. The topological polar surface area (TPSA) is 53.0 Å². The third-order valence-electron chi connectivity index (χ3n) is 5.59. The average Bonchev–Trinajstić information content (AvgIpc) is 2.69. The maximum atomic E-state index is 14.4. The van der Waals surface area contributed by atoms with E-state index >= 15 is 0 Å². The lowest BCUT2D eigenvalue weighted by Crippen LogP contribution is -2.51. The summed E-state index contributed by atoms with van der Waals surface area (Å²) in [6.45, 7) is 4.91. The van der Waals surface area contributed by atoms with Crippen LogP contribution in [0.1, 0.15) is 45.6 Å². The van der Waals surface area contributed by atoms with Gasteiger partial charge in [0.1, 0.15) is 0 Å². The summed E-state index contributed by atoms with van der Waals surface area (Å²) >= 11 is 0. The van der Waals surface area contributed by atoms with Crippen LogP contribution in [0.15, 0.2) is 18.2 Å². The number of hydrogen-bond donors (Lipinski definition) is 1. The summed E-state index contributed by atoms with van der Waals surface area (Å²) in [7, 11) is 0. The Kier molecular flexibility index (Phi) is 8.05. The molecule has 1 saturated heterocycles. The molecule has 152 valence electrons. The Morgan fingerprint density at radius 2 is 1.85 bits per heavy atom. The lowest BCUT2D eigenvalue weighted by molar-refractivity contribution is -0.137. The van der Waals surface area contributed by atoms with Crippen molar-refractivity contribution in [2.45, 2.75) is 52.7 Å². The van der Waals surface area contributed by atoms with Crippen molar-refractivity contribution in [1.82, 2.24) is 4.90 Å². The highest BCUT2D eigenvalue weighted by Crippen LogP contribution is 2.29. The number of piperazine rings is 1. The number of aliphatic hydroxyl groups is 1. The second kappa shape index (κ2) is 10.0. The first-order valence-electron chi connectivity index (χ1n) is 9.67. The molecule has 1 amide bonds. The largest absolute Gasteiger partial charge is 0.392 e. The van der Waals surface area contributed by atoms with Gasteiger partial charge in [-0.05, 0) is 38.7 Å². The van der Waals surface area contributed by atoms with Gasteiger partial charge in [0.15, 0.2) is 5.82 Å². The fourth-order valence-corrected chi connectivity index (χ4v) is 4.07. The summed E-state index contributed by atoms with van der Waals surface area (Å²) in [5.74, 6) is -0.0130. The number of nitrogens with zero attached hydrogens (tertiary/aromatic N) is 2. The van der Waals surface area contributed by atoms with E-state index in [0.717, 1.165) is 32.3 Å². The molecule has 0 unspecified atom stereocenters. The summed E-state index contributed by atoms with van der Waals surface area (Å²) in [6, 6.07) is 5.09. The predicted molar refractivity (Wildman–Crippen MR) is 105 cm³/mol. The predicted octanol–water partition coefficient (Wildman–Crippen LogP) is 3.20. The Morgan fingerprint density at radius 1 is 1.19 bits per heavy atom. The van der Waals surface area contributed by atoms with E-state index in [9.17, 15) is 14.3 Å². The van der Waals surface area contributed by atoms with Crippen molar-refractivity contribution >= 4 is 11.6 Å².